The molecule has 3 N–H and O–H groups in total. The third-order valence-electron chi connectivity index (χ3n) is 1.55. The highest BCUT2D eigenvalue weighted by Gasteiger charge is 1.98. The van der Waals surface area contributed by atoms with Crippen LogP contribution in [-0.4, -0.2) is 43.3 Å². The molecular formula is C9H19ClN2O. The number of halogens is 1. The van der Waals surface area contributed by atoms with E-state index >= 15 is 0 Å². The molecule has 0 bridgehead atoms. The van der Waals surface area contributed by atoms with E-state index in [1.807, 2.05) is 6.08 Å². The molecule has 1 unspecified atom stereocenters. The summed E-state index contributed by atoms with van der Waals surface area (Å²) in [5.41, 5.74) is 0. The molecule has 0 aliphatic rings. The standard InChI is InChI=1S/C9H19ClN2O/c1-2-4-11-5-3-6-12-8-9(13)7-10/h2,9,11-13H,1,3-8H2. The van der Waals surface area contributed by atoms with Gasteiger partial charge in [0.15, 0.2) is 0 Å². The van der Waals surface area contributed by atoms with Crippen LogP contribution in [0.4, 0.5) is 0 Å². The topological polar surface area (TPSA) is 44.3 Å². The van der Waals surface area contributed by atoms with E-state index in [1.54, 1.807) is 0 Å². The van der Waals surface area contributed by atoms with E-state index in [-0.39, 0.29) is 0 Å². The monoisotopic (exact) mass is 206 g/mol. The first-order chi connectivity index (χ1) is 6.31. The quantitative estimate of drug-likeness (QED) is 0.290. The fourth-order valence-electron chi connectivity index (χ4n) is 0.866. The minimum Gasteiger partial charge on any atom is -0.391 e. The molecule has 13 heavy (non-hydrogen) atoms. The number of nitrogens with one attached hydrogen (secondary N) is 2. The Labute approximate surface area is 85.2 Å². The van der Waals surface area contributed by atoms with Crippen LogP contribution in [0, 0.1) is 0 Å². The van der Waals surface area contributed by atoms with Crippen molar-refractivity contribution in [2.24, 2.45) is 0 Å². The first-order valence-electron chi connectivity index (χ1n) is 4.57. The molecule has 1 atom stereocenters. The molecule has 4 heteroatoms. The maximum Gasteiger partial charge on any atom is 0.0799 e. The second-order valence-electron chi connectivity index (χ2n) is 2.86. The summed E-state index contributed by atoms with van der Waals surface area (Å²) in [6.07, 6.45) is 2.45. The number of hydrogen-bond donors (Lipinski definition) is 3. The third kappa shape index (κ3) is 9.83. The Kier molecular flexibility index (Phi) is 9.92. The molecule has 0 aromatic rings. The number of alkyl halides is 1. The van der Waals surface area contributed by atoms with Crippen molar-refractivity contribution in [1.82, 2.24) is 10.6 Å². The van der Waals surface area contributed by atoms with Crippen molar-refractivity contribution >= 4 is 11.6 Å². The first-order valence-corrected chi connectivity index (χ1v) is 5.11. The summed E-state index contributed by atoms with van der Waals surface area (Å²) in [6.45, 7) is 6.90. The Morgan fingerprint density at radius 2 is 2.08 bits per heavy atom. The van der Waals surface area contributed by atoms with Crippen molar-refractivity contribution in [1.29, 1.82) is 0 Å². The van der Waals surface area contributed by atoms with Gasteiger partial charge < -0.3 is 15.7 Å². The lowest BCUT2D eigenvalue weighted by Gasteiger charge is -2.08. The van der Waals surface area contributed by atoms with Gasteiger partial charge in [-0.2, -0.15) is 0 Å². The van der Waals surface area contributed by atoms with E-state index in [1.165, 1.54) is 0 Å². The fourth-order valence-corrected chi connectivity index (χ4v) is 0.975. The van der Waals surface area contributed by atoms with Gasteiger partial charge in [-0.1, -0.05) is 6.08 Å². The molecular weight excluding hydrogens is 188 g/mol. The molecule has 0 aliphatic carbocycles. The summed E-state index contributed by atoms with van der Waals surface area (Å²) in [5.74, 6) is 0.293. The maximum absolute atomic E-state index is 9.08. The first kappa shape index (κ1) is 12.9. The van der Waals surface area contributed by atoms with Crippen LogP contribution in [0.3, 0.4) is 0 Å². The zero-order valence-electron chi connectivity index (χ0n) is 7.93. The van der Waals surface area contributed by atoms with E-state index in [4.69, 9.17) is 16.7 Å². The molecule has 0 aromatic carbocycles. The second kappa shape index (κ2) is 9.99. The van der Waals surface area contributed by atoms with E-state index in [0.717, 1.165) is 26.1 Å². The molecule has 3 nitrogen and oxygen atoms in total. The molecule has 0 heterocycles. The van der Waals surface area contributed by atoms with E-state index < -0.39 is 6.10 Å². The van der Waals surface area contributed by atoms with Gasteiger partial charge in [-0.25, -0.2) is 0 Å². The fraction of sp³-hybridized carbons (Fsp3) is 0.778. The van der Waals surface area contributed by atoms with Crippen LogP contribution < -0.4 is 10.6 Å². The average Bonchev–Trinajstić information content (AvgIpc) is 2.16. The summed E-state index contributed by atoms with van der Waals surface area (Å²) < 4.78 is 0. The molecule has 0 aliphatic heterocycles. The van der Waals surface area contributed by atoms with Crippen LogP contribution in [0.1, 0.15) is 6.42 Å². The molecule has 0 radical (unpaired) electrons. The molecule has 0 rings (SSSR count). The van der Waals surface area contributed by atoms with Crippen LogP contribution in [0.25, 0.3) is 0 Å². The van der Waals surface area contributed by atoms with Gasteiger partial charge in [0.2, 0.25) is 0 Å². The zero-order valence-corrected chi connectivity index (χ0v) is 8.69. The highest BCUT2D eigenvalue weighted by atomic mass is 35.5. The van der Waals surface area contributed by atoms with Crippen LogP contribution in [0.15, 0.2) is 12.7 Å². The van der Waals surface area contributed by atoms with Crippen molar-refractivity contribution in [3.8, 4) is 0 Å². The molecule has 78 valence electrons. The molecule has 0 spiro atoms. The lowest BCUT2D eigenvalue weighted by Crippen LogP contribution is -2.30. The molecule has 0 aromatic heterocycles. The number of hydrogen-bond acceptors (Lipinski definition) is 3. The predicted octanol–water partition coefficient (Wildman–Crippen LogP) is 0.341. The average molecular weight is 207 g/mol. The normalized spacial score (nSPS) is 12.8. The van der Waals surface area contributed by atoms with Crippen molar-refractivity contribution < 1.29 is 5.11 Å². The van der Waals surface area contributed by atoms with Gasteiger partial charge in [0.25, 0.3) is 0 Å². The summed E-state index contributed by atoms with van der Waals surface area (Å²) in [7, 11) is 0. The summed E-state index contributed by atoms with van der Waals surface area (Å²) in [6, 6.07) is 0. The lowest BCUT2D eigenvalue weighted by molar-refractivity contribution is 0.194. The second-order valence-corrected chi connectivity index (χ2v) is 3.17. The Morgan fingerprint density at radius 1 is 1.38 bits per heavy atom. The summed E-state index contributed by atoms with van der Waals surface area (Å²) in [4.78, 5) is 0. The van der Waals surface area contributed by atoms with Gasteiger partial charge in [0.05, 0.1) is 6.10 Å². The van der Waals surface area contributed by atoms with Gasteiger partial charge in [-0.15, -0.1) is 18.2 Å². The van der Waals surface area contributed by atoms with E-state index in [0.29, 0.717) is 12.4 Å². The Morgan fingerprint density at radius 3 is 2.69 bits per heavy atom. The molecule has 0 fully saturated rings. The highest BCUT2D eigenvalue weighted by molar-refractivity contribution is 6.18. The van der Waals surface area contributed by atoms with Gasteiger partial charge in [-0.3, -0.25) is 0 Å². The zero-order chi connectivity index (χ0) is 9.94. The number of aliphatic hydroxyl groups excluding tert-OH is 1. The van der Waals surface area contributed by atoms with Crippen LogP contribution >= 0.6 is 11.6 Å². The van der Waals surface area contributed by atoms with Crippen LogP contribution in [0.2, 0.25) is 0 Å². The molecule has 0 saturated carbocycles. The van der Waals surface area contributed by atoms with Gasteiger partial charge in [0, 0.05) is 19.0 Å². The van der Waals surface area contributed by atoms with Crippen LogP contribution in [0.5, 0.6) is 0 Å². The summed E-state index contributed by atoms with van der Waals surface area (Å²) in [5, 5.41) is 15.4. The summed E-state index contributed by atoms with van der Waals surface area (Å²) >= 11 is 5.42. The Bertz CT molecular complexity index is 122. The van der Waals surface area contributed by atoms with Crippen molar-refractivity contribution in [2.45, 2.75) is 12.5 Å². The number of aliphatic hydroxyl groups is 1. The molecule has 0 saturated heterocycles. The Balaban J connectivity index is 2.95. The van der Waals surface area contributed by atoms with Gasteiger partial charge in [-0.05, 0) is 19.5 Å². The lowest BCUT2D eigenvalue weighted by atomic mass is 10.3. The van der Waals surface area contributed by atoms with Crippen LogP contribution in [-0.2, 0) is 0 Å². The predicted molar refractivity (Wildman–Crippen MR) is 57.3 cm³/mol. The minimum atomic E-state index is -0.428. The number of rotatable bonds is 9. The van der Waals surface area contributed by atoms with Gasteiger partial charge >= 0.3 is 0 Å². The molecule has 0 amide bonds. The third-order valence-corrected chi connectivity index (χ3v) is 1.91. The smallest absolute Gasteiger partial charge is 0.0799 e. The van der Waals surface area contributed by atoms with Gasteiger partial charge in [0.1, 0.15) is 0 Å². The SMILES string of the molecule is C=CCNCCCNCC(O)CCl. The van der Waals surface area contributed by atoms with Crippen molar-refractivity contribution in [2.75, 3.05) is 32.1 Å². The van der Waals surface area contributed by atoms with E-state index in [9.17, 15) is 0 Å². The minimum absolute atomic E-state index is 0.293. The van der Waals surface area contributed by atoms with Crippen molar-refractivity contribution in [3.05, 3.63) is 12.7 Å². The van der Waals surface area contributed by atoms with E-state index in [2.05, 4.69) is 17.2 Å². The maximum atomic E-state index is 9.08. The van der Waals surface area contributed by atoms with Crippen molar-refractivity contribution in [3.63, 3.8) is 0 Å². The Hall–Kier alpha value is -0.0900. The largest absolute Gasteiger partial charge is 0.391 e. The highest BCUT2D eigenvalue weighted by Crippen LogP contribution is 1.84.